The Bertz CT molecular complexity index is 946. The maximum atomic E-state index is 12.5. The SMILES string of the molecule is C=CCn1c(SCC(=O)Nc2c(C)cccc2CC)nc2ccccc21. The highest BCUT2D eigenvalue weighted by Crippen LogP contribution is 2.25. The number of fused-ring (bicyclic) bond motifs is 1. The minimum atomic E-state index is -0.0174. The molecule has 0 saturated heterocycles. The molecule has 0 radical (unpaired) electrons. The molecule has 2 aromatic carbocycles. The second-order valence-electron chi connectivity index (χ2n) is 6.08. The maximum Gasteiger partial charge on any atom is 0.234 e. The first kappa shape index (κ1) is 18.3. The Morgan fingerprint density at radius 3 is 2.85 bits per heavy atom. The lowest BCUT2D eigenvalue weighted by atomic mass is 10.1. The van der Waals surface area contributed by atoms with Gasteiger partial charge in [-0.1, -0.05) is 55.1 Å². The van der Waals surface area contributed by atoms with Crippen molar-refractivity contribution in [1.29, 1.82) is 0 Å². The molecule has 134 valence electrons. The van der Waals surface area contributed by atoms with Crippen molar-refractivity contribution in [2.45, 2.75) is 32.0 Å². The molecule has 1 N–H and O–H groups in total. The number of imidazole rings is 1. The number of carbonyl (C=O) groups excluding carboxylic acids is 1. The Labute approximate surface area is 158 Å². The molecule has 0 bridgehead atoms. The smallest absolute Gasteiger partial charge is 0.234 e. The molecule has 0 unspecified atom stereocenters. The largest absolute Gasteiger partial charge is 0.325 e. The number of para-hydroxylation sites is 3. The summed E-state index contributed by atoms with van der Waals surface area (Å²) >= 11 is 1.45. The lowest BCUT2D eigenvalue weighted by Gasteiger charge is -2.13. The first-order valence-corrected chi connectivity index (χ1v) is 9.70. The van der Waals surface area contributed by atoms with Gasteiger partial charge < -0.3 is 9.88 Å². The standard InChI is InChI=1S/C21H23N3OS/c1-4-13-24-18-12-7-6-11-17(18)22-21(24)26-14-19(25)23-20-15(3)9-8-10-16(20)5-2/h4,6-12H,1,5,13-14H2,2-3H3,(H,23,25). The lowest BCUT2D eigenvalue weighted by molar-refractivity contribution is -0.113. The number of nitrogens with one attached hydrogen (secondary N) is 1. The van der Waals surface area contributed by atoms with Gasteiger partial charge in [-0.15, -0.1) is 6.58 Å². The van der Waals surface area contributed by atoms with Gasteiger partial charge in [0.25, 0.3) is 0 Å². The third-order valence-corrected chi connectivity index (χ3v) is 5.24. The average molecular weight is 366 g/mol. The molecule has 4 nitrogen and oxygen atoms in total. The van der Waals surface area contributed by atoms with Crippen LogP contribution in [0.2, 0.25) is 0 Å². The monoisotopic (exact) mass is 365 g/mol. The van der Waals surface area contributed by atoms with Crippen molar-refractivity contribution in [3.05, 3.63) is 66.2 Å². The van der Waals surface area contributed by atoms with Crippen molar-refractivity contribution in [3.8, 4) is 0 Å². The number of allylic oxidation sites excluding steroid dienone is 1. The molecule has 0 aliphatic carbocycles. The number of anilines is 1. The zero-order valence-electron chi connectivity index (χ0n) is 15.2. The van der Waals surface area contributed by atoms with E-state index in [1.165, 1.54) is 11.8 Å². The second kappa shape index (κ2) is 8.23. The predicted octanol–water partition coefficient (Wildman–Crippen LogP) is 4.82. The highest BCUT2D eigenvalue weighted by molar-refractivity contribution is 7.99. The molecule has 3 rings (SSSR count). The Morgan fingerprint density at radius 2 is 2.08 bits per heavy atom. The predicted molar refractivity (Wildman–Crippen MR) is 110 cm³/mol. The molecule has 0 aliphatic heterocycles. The number of carbonyl (C=O) groups is 1. The molecule has 0 fully saturated rings. The van der Waals surface area contributed by atoms with Crippen LogP contribution >= 0.6 is 11.8 Å². The van der Waals surface area contributed by atoms with Crippen LogP contribution in [-0.4, -0.2) is 21.2 Å². The quantitative estimate of drug-likeness (QED) is 0.482. The van der Waals surface area contributed by atoms with Crippen LogP contribution in [0.4, 0.5) is 5.69 Å². The van der Waals surface area contributed by atoms with Gasteiger partial charge in [0, 0.05) is 12.2 Å². The summed E-state index contributed by atoms with van der Waals surface area (Å²) in [6.45, 7) is 8.61. The molecular weight excluding hydrogens is 342 g/mol. The summed E-state index contributed by atoms with van der Waals surface area (Å²) in [4.78, 5) is 17.2. The number of thioether (sulfide) groups is 1. The molecular formula is C21H23N3OS. The summed E-state index contributed by atoms with van der Waals surface area (Å²) in [7, 11) is 0. The third kappa shape index (κ3) is 3.83. The van der Waals surface area contributed by atoms with Crippen LogP contribution in [0.5, 0.6) is 0 Å². The van der Waals surface area contributed by atoms with Crippen molar-refractivity contribution in [2.75, 3.05) is 11.1 Å². The highest BCUT2D eigenvalue weighted by atomic mass is 32.2. The zero-order valence-corrected chi connectivity index (χ0v) is 16.0. The van der Waals surface area contributed by atoms with E-state index in [4.69, 9.17) is 0 Å². The summed E-state index contributed by atoms with van der Waals surface area (Å²) in [5.74, 6) is 0.300. The number of aryl methyl sites for hydroxylation is 2. The van der Waals surface area contributed by atoms with Gasteiger partial charge in [-0.05, 0) is 36.6 Å². The van der Waals surface area contributed by atoms with Crippen molar-refractivity contribution >= 4 is 34.4 Å². The number of hydrogen-bond acceptors (Lipinski definition) is 3. The summed E-state index contributed by atoms with van der Waals surface area (Å²) in [6.07, 6.45) is 2.73. The van der Waals surface area contributed by atoms with Crippen molar-refractivity contribution in [3.63, 3.8) is 0 Å². The van der Waals surface area contributed by atoms with Crippen LogP contribution in [-0.2, 0) is 17.8 Å². The fourth-order valence-electron chi connectivity index (χ4n) is 2.98. The minimum Gasteiger partial charge on any atom is -0.325 e. The Hall–Kier alpha value is -2.53. The van der Waals surface area contributed by atoms with Crippen LogP contribution < -0.4 is 5.32 Å². The summed E-state index contributed by atoms with van der Waals surface area (Å²) in [6, 6.07) is 14.1. The minimum absolute atomic E-state index is 0.0174. The zero-order chi connectivity index (χ0) is 18.5. The van der Waals surface area contributed by atoms with E-state index in [-0.39, 0.29) is 5.91 Å². The fourth-order valence-corrected chi connectivity index (χ4v) is 3.80. The highest BCUT2D eigenvalue weighted by Gasteiger charge is 2.13. The topological polar surface area (TPSA) is 46.9 Å². The van der Waals surface area contributed by atoms with Crippen molar-refractivity contribution in [1.82, 2.24) is 9.55 Å². The van der Waals surface area contributed by atoms with Gasteiger partial charge in [0.05, 0.1) is 16.8 Å². The van der Waals surface area contributed by atoms with E-state index >= 15 is 0 Å². The van der Waals surface area contributed by atoms with Gasteiger partial charge in [-0.3, -0.25) is 4.79 Å². The molecule has 5 heteroatoms. The summed E-state index contributed by atoms with van der Waals surface area (Å²) in [5, 5.41) is 3.90. The first-order chi connectivity index (χ1) is 12.6. The van der Waals surface area contributed by atoms with Gasteiger partial charge >= 0.3 is 0 Å². The normalized spacial score (nSPS) is 10.8. The molecule has 26 heavy (non-hydrogen) atoms. The summed E-state index contributed by atoms with van der Waals surface area (Å²) in [5.41, 5.74) is 5.16. The van der Waals surface area contributed by atoms with E-state index in [0.29, 0.717) is 12.3 Å². The fraction of sp³-hybridized carbons (Fsp3) is 0.238. The van der Waals surface area contributed by atoms with Crippen LogP contribution in [0.3, 0.4) is 0 Å². The van der Waals surface area contributed by atoms with Gasteiger partial charge in [-0.25, -0.2) is 4.98 Å². The first-order valence-electron chi connectivity index (χ1n) is 8.71. The number of hydrogen-bond donors (Lipinski definition) is 1. The van der Waals surface area contributed by atoms with Gasteiger partial charge in [-0.2, -0.15) is 0 Å². The van der Waals surface area contributed by atoms with E-state index < -0.39 is 0 Å². The molecule has 1 amide bonds. The van der Waals surface area contributed by atoms with E-state index in [9.17, 15) is 4.79 Å². The van der Waals surface area contributed by atoms with E-state index in [1.807, 2.05) is 49.4 Å². The molecule has 3 aromatic rings. The molecule has 1 aromatic heterocycles. The Morgan fingerprint density at radius 1 is 1.27 bits per heavy atom. The lowest BCUT2D eigenvalue weighted by Crippen LogP contribution is -2.16. The Balaban J connectivity index is 1.75. The van der Waals surface area contributed by atoms with Crippen LogP contribution in [0.25, 0.3) is 11.0 Å². The average Bonchev–Trinajstić information content (AvgIpc) is 3.00. The molecule has 0 spiro atoms. The van der Waals surface area contributed by atoms with E-state index in [1.54, 1.807) is 0 Å². The van der Waals surface area contributed by atoms with Crippen LogP contribution in [0, 0.1) is 6.92 Å². The van der Waals surface area contributed by atoms with Gasteiger partial charge in [0.1, 0.15) is 0 Å². The van der Waals surface area contributed by atoms with Crippen molar-refractivity contribution < 1.29 is 4.79 Å². The van der Waals surface area contributed by atoms with Crippen molar-refractivity contribution in [2.24, 2.45) is 0 Å². The van der Waals surface area contributed by atoms with Crippen LogP contribution in [0.15, 0.2) is 60.3 Å². The van der Waals surface area contributed by atoms with Gasteiger partial charge in [0.15, 0.2) is 5.16 Å². The Kier molecular flexibility index (Phi) is 5.78. The summed E-state index contributed by atoms with van der Waals surface area (Å²) < 4.78 is 2.09. The van der Waals surface area contributed by atoms with Crippen LogP contribution in [0.1, 0.15) is 18.1 Å². The number of nitrogens with zero attached hydrogens (tertiary/aromatic N) is 2. The number of aromatic nitrogens is 2. The maximum absolute atomic E-state index is 12.5. The third-order valence-electron chi connectivity index (χ3n) is 4.27. The molecule has 0 aliphatic rings. The number of benzene rings is 2. The van der Waals surface area contributed by atoms with Gasteiger partial charge in [0.2, 0.25) is 5.91 Å². The van der Waals surface area contributed by atoms with E-state index in [0.717, 1.165) is 39.4 Å². The molecule has 0 atom stereocenters. The second-order valence-corrected chi connectivity index (χ2v) is 7.02. The number of amides is 1. The molecule has 0 saturated carbocycles. The van der Waals surface area contributed by atoms with E-state index in [2.05, 4.69) is 34.4 Å². The molecule has 1 heterocycles. The number of rotatable bonds is 7.